The van der Waals surface area contributed by atoms with Gasteiger partial charge in [-0.3, -0.25) is 14.4 Å². The van der Waals surface area contributed by atoms with Crippen LogP contribution < -0.4 is 10.6 Å². The molecule has 0 aliphatic heterocycles. The number of hydrogen-bond donors (Lipinski definition) is 2. The van der Waals surface area contributed by atoms with Gasteiger partial charge >= 0.3 is 12.1 Å². The minimum atomic E-state index is -4.61. The molecule has 2 amide bonds. The van der Waals surface area contributed by atoms with Gasteiger partial charge in [-0.25, -0.2) is 0 Å². The summed E-state index contributed by atoms with van der Waals surface area (Å²) in [7, 11) is 0. The number of amides is 2. The van der Waals surface area contributed by atoms with E-state index in [4.69, 9.17) is 16.3 Å². The molecule has 0 radical (unpaired) electrons. The second kappa shape index (κ2) is 10.4. The van der Waals surface area contributed by atoms with Crippen molar-refractivity contribution in [2.75, 3.05) is 17.2 Å². The summed E-state index contributed by atoms with van der Waals surface area (Å²) in [5.74, 6) is -2.10. The first-order chi connectivity index (χ1) is 15.6. The van der Waals surface area contributed by atoms with Gasteiger partial charge in [-0.15, -0.1) is 0 Å². The van der Waals surface area contributed by atoms with Crippen molar-refractivity contribution in [2.45, 2.75) is 19.0 Å². The smallest absolute Gasteiger partial charge is 0.416 e. The molecular weight excluding hydrogens is 461 g/mol. The van der Waals surface area contributed by atoms with Crippen LogP contribution in [-0.2, 0) is 25.3 Å². The third-order valence-corrected chi connectivity index (χ3v) is 4.88. The van der Waals surface area contributed by atoms with E-state index in [0.29, 0.717) is 11.8 Å². The van der Waals surface area contributed by atoms with Crippen LogP contribution in [0.3, 0.4) is 0 Å². The summed E-state index contributed by atoms with van der Waals surface area (Å²) >= 11 is 5.81. The van der Waals surface area contributed by atoms with E-state index in [1.807, 2.05) is 30.3 Å². The van der Waals surface area contributed by atoms with Crippen LogP contribution in [0, 0.1) is 0 Å². The number of anilines is 2. The molecule has 3 aromatic carbocycles. The molecule has 10 heteroatoms. The number of carbonyl (C=O) groups excluding carboxylic acids is 3. The van der Waals surface area contributed by atoms with E-state index in [9.17, 15) is 27.6 Å². The summed E-state index contributed by atoms with van der Waals surface area (Å²) in [6, 6.07) is 15.4. The van der Waals surface area contributed by atoms with Crippen molar-refractivity contribution in [3.8, 4) is 0 Å². The van der Waals surface area contributed by atoms with Crippen LogP contribution in [0.15, 0.2) is 60.7 Å². The van der Waals surface area contributed by atoms with Gasteiger partial charge in [0.1, 0.15) is 0 Å². The molecule has 0 unspecified atom stereocenters. The predicted octanol–water partition coefficient (Wildman–Crippen LogP) is 5.41. The summed E-state index contributed by atoms with van der Waals surface area (Å²) < 4.78 is 43.2. The maximum absolute atomic E-state index is 12.8. The maximum atomic E-state index is 12.8. The van der Waals surface area contributed by atoms with Crippen LogP contribution in [0.25, 0.3) is 10.8 Å². The number of halogens is 4. The van der Waals surface area contributed by atoms with Gasteiger partial charge in [-0.2, -0.15) is 13.2 Å². The number of rotatable bonds is 7. The Bertz CT molecular complexity index is 1190. The van der Waals surface area contributed by atoms with Crippen molar-refractivity contribution in [2.24, 2.45) is 0 Å². The Morgan fingerprint density at radius 1 is 0.848 bits per heavy atom. The third-order valence-electron chi connectivity index (χ3n) is 4.55. The average molecular weight is 479 g/mol. The molecule has 0 spiro atoms. The molecule has 0 aliphatic rings. The predicted molar refractivity (Wildman–Crippen MR) is 118 cm³/mol. The molecule has 3 aromatic rings. The molecule has 172 valence electrons. The summed E-state index contributed by atoms with van der Waals surface area (Å²) in [6.45, 7) is -0.740. The highest BCUT2D eigenvalue weighted by atomic mass is 35.5. The van der Waals surface area contributed by atoms with Gasteiger partial charge in [0.25, 0.3) is 5.91 Å². The summed E-state index contributed by atoms with van der Waals surface area (Å²) in [5, 5.41) is 6.58. The largest absolute Gasteiger partial charge is 0.456 e. The van der Waals surface area contributed by atoms with Crippen molar-refractivity contribution < 1.29 is 32.3 Å². The fourth-order valence-electron chi connectivity index (χ4n) is 2.96. The molecule has 0 aromatic heterocycles. The first-order valence-electron chi connectivity index (χ1n) is 9.73. The van der Waals surface area contributed by atoms with Gasteiger partial charge in [0.2, 0.25) is 5.91 Å². The first kappa shape index (κ1) is 24.1. The minimum Gasteiger partial charge on any atom is -0.456 e. The maximum Gasteiger partial charge on any atom is 0.416 e. The fourth-order valence-corrected chi connectivity index (χ4v) is 3.13. The van der Waals surface area contributed by atoms with Crippen LogP contribution in [0.5, 0.6) is 0 Å². The zero-order chi connectivity index (χ0) is 24.0. The Hall–Kier alpha value is -3.59. The number of carbonyl (C=O) groups is 3. The van der Waals surface area contributed by atoms with Gasteiger partial charge in [-0.1, -0.05) is 48.0 Å². The van der Waals surface area contributed by atoms with Crippen LogP contribution >= 0.6 is 11.6 Å². The lowest BCUT2D eigenvalue weighted by Gasteiger charge is -2.12. The standard InChI is InChI=1S/C23H18ClF3N2O4/c24-17-9-8-15(23(25,26)27)12-19(17)29-21(31)13-33-22(32)11-10-20(30)28-18-7-3-5-14-4-1-2-6-16(14)18/h1-9,12H,10-11,13H2,(H,28,30)(H,29,31). The highest BCUT2D eigenvalue weighted by molar-refractivity contribution is 6.33. The van der Waals surface area contributed by atoms with Gasteiger partial charge in [-0.05, 0) is 29.7 Å². The summed E-state index contributed by atoms with van der Waals surface area (Å²) in [6.07, 6.45) is -5.07. The molecule has 0 aliphatic carbocycles. The van der Waals surface area contributed by atoms with E-state index >= 15 is 0 Å². The number of fused-ring (bicyclic) bond motifs is 1. The van der Waals surface area contributed by atoms with Gasteiger partial charge in [0.05, 0.1) is 22.7 Å². The van der Waals surface area contributed by atoms with Gasteiger partial charge < -0.3 is 15.4 Å². The Morgan fingerprint density at radius 3 is 2.30 bits per heavy atom. The lowest BCUT2D eigenvalue weighted by atomic mass is 10.1. The number of hydrogen-bond acceptors (Lipinski definition) is 4. The van der Waals surface area contributed by atoms with Crippen molar-refractivity contribution in [1.82, 2.24) is 0 Å². The zero-order valence-electron chi connectivity index (χ0n) is 17.0. The lowest BCUT2D eigenvalue weighted by Crippen LogP contribution is -2.22. The monoisotopic (exact) mass is 478 g/mol. The van der Waals surface area contributed by atoms with Crippen molar-refractivity contribution in [3.05, 3.63) is 71.2 Å². The molecule has 0 saturated carbocycles. The highest BCUT2D eigenvalue weighted by Gasteiger charge is 2.31. The second-order valence-corrected chi connectivity index (χ2v) is 7.38. The molecule has 0 heterocycles. The minimum absolute atomic E-state index is 0.104. The first-order valence-corrected chi connectivity index (χ1v) is 10.1. The van der Waals surface area contributed by atoms with E-state index in [-0.39, 0.29) is 23.6 Å². The van der Waals surface area contributed by atoms with Crippen LogP contribution in [0.2, 0.25) is 5.02 Å². The Morgan fingerprint density at radius 2 is 1.55 bits per heavy atom. The van der Waals surface area contributed by atoms with Crippen LogP contribution in [0.4, 0.5) is 24.5 Å². The summed E-state index contributed by atoms with van der Waals surface area (Å²) in [4.78, 5) is 36.0. The topological polar surface area (TPSA) is 84.5 Å². The molecular formula is C23H18ClF3N2O4. The Kier molecular flexibility index (Phi) is 7.55. The van der Waals surface area contributed by atoms with Gasteiger partial charge in [0, 0.05) is 17.5 Å². The number of alkyl halides is 3. The molecule has 0 bridgehead atoms. The van der Waals surface area contributed by atoms with Gasteiger partial charge in [0.15, 0.2) is 6.61 Å². The number of nitrogens with one attached hydrogen (secondary N) is 2. The molecule has 33 heavy (non-hydrogen) atoms. The summed E-state index contributed by atoms with van der Waals surface area (Å²) in [5.41, 5.74) is -0.651. The zero-order valence-corrected chi connectivity index (χ0v) is 17.8. The molecule has 0 saturated heterocycles. The van der Waals surface area contributed by atoms with Crippen molar-refractivity contribution in [1.29, 1.82) is 0 Å². The van der Waals surface area contributed by atoms with E-state index < -0.39 is 36.1 Å². The molecule has 3 rings (SSSR count). The SMILES string of the molecule is O=C(COC(=O)CCC(=O)Nc1cccc2ccccc12)Nc1cc(C(F)(F)F)ccc1Cl. The van der Waals surface area contributed by atoms with E-state index in [1.165, 1.54) is 0 Å². The van der Waals surface area contributed by atoms with Crippen LogP contribution in [0.1, 0.15) is 18.4 Å². The Labute approximate surface area is 191 Å². The van der Waals surface area contributed by atoms with E-state index in [1.54, 1.807) is 12.1 Å². The highest BCUT2D eigenvalue weighted by Crippen LogP contribution is 2.33. The molecule has 2 N–H and O–H groups in total. The molecule has 0 fully saturated rings. The van der Waals surface area contributed by atoms with Crippen LogP contribution in [-0.4, -0.2) is 24.4 Å². The third kappa shape index (κ3) is 6.69. The number of benzene rings is 3. The molecule has 0 atom stereocenters. The number of esters is 1. The quantitative estimate of drug-likeness (QED) is 0.444. The van der Waals surface area contributed by atoms with E-state index in [0.717, 1.165) is 22.9 Å². The number of ether oxygens (including phenoxy) is 1. The molecule has 6 nitrogen and oxygen atoms in total. The normalized spacial score (nSPS) is 11.2. The van der Waals surface area contributed by atoms with E-state index in [2.05, 4.69) is 10.6 Å². The van der Waals surface area contributed by atoms with Crippen molar-refractivity contribution in [3.63, 3.8) is 0 Å². The van der Waals surface area contributed by atoms with Crippen molar-refractivity contribution >= 4 is 51.5 Å². The average Bonchev–Trinajstić information content (AvgIpc) is 2.77. The lowest BCUT2D eigenvalue weighted by molar-refractivity contribution is -0.147. The Balaban J connectivity index is 1.46. The second-order valence-electron chi connectivity index (χ2n) is 6.98. The fraction of sp³-hybridized carbons (Fsp3) is 0.174.